The van der Waals surface area contributed by atoms with Gasteiger partial charge < -0.3 is 10.1 Å². The van der Waals surface area contributed by atoms with E-state index in [4.69, 9.17) is 4.74 Å². The molecule has 0 radical (unpaired) electrons. The van der Waals surface area contributed by atoms with Gasteiger partial charge in [0.05, 0.1) is 13.7 Å². The number of nitrogens with one attached hydrogen (secondary N) is 2. The van der Waals surface area contributed by atoms with Crippen LogP contribution in [0, 0.1) is 0 Å². The summed E-state index contributed by atoms with van der Waals surface area (Å²) >= 11 is 0. The number of benzene rings is 2. The molecule has 1 aliphatic carbocycles. The first-order valence-electron chi connectivity index (χ1n) is 9.04. The first kappa shape index (κ1) is 18.0. The van der Waals surface area contributed by atoms with Crippen molar-refractivity contribution in [3.8, 4) is 5.75 Å². The Morgan fingerprint density at radius 1 is 1.15 bits per heavy atom. The Labute approximate surface area is 154 Å². The second kappa shape index (κ2) is 9.04. The molecule has 0 saturated heterocycles. The van der Waals surface area contributed by atoms with Crippen molar-refractivity contribution < 1.29 is 9.53 Å². The lowest BCUT2D eigenvalue weighted by Crippen LogP contribution is -2.29. The lowest BCUT2D eigenvalue weighted by Gasteiger charge is -2.24. The number of carbonyl (C=O) groups excluding carboxylic acids is 1. The minimum absolute atomic E-state index is 0.155. The van der Waals surface area contributed by atoms with E-state index in [-0.39, 0.29) is 12.5 Å². The number of ether oxygens (including phenoxy) is 1. The van der Waals surface area contributed by atoms with E-state index in [1.54, 1.807) is 7.11 Å². The molecule has 0 spiro atoms. The van der Waals surface area contributed by atoms with Crippen LogP contribution in [0.5, 0.6) is 5.75 Å². The Bertz CT molecular complexity index is 759. The number of hydrogen-bond donors (Lipinski definition) is 2. The quantitative estimate of drug-likeness (QED) is 0.775. The zero-order chi connectivity index (χ0) is 18.2. The molecule has 2 aromatic carbocycles. The third-order valence-electron chi connectivity index (χ3n) is 4.63. The monoisotopic (exact) mass is 351 g/mol. The summed E-state index contributed by atoms with van der Waals surface area (Å²) in [4.78, 5) is 12.1. The summed E-state index contributed by atoms with van der Waals surface area (Å²) in [7, 11) is 1.62. The van der Waals surface area contributed by atoms with Crippen molar-refractivity contribution in [1.29, 1.82) is 0 Å². The Kier molecular flexibility index (Phi) is 6.25. The number of hydrogen-bond acceptors (Lipinski definition) is 4. The van der Waals surface area contributed by atoms with E-state index in [0.29, 0.717) is 5.92 Å². The maximum Gasteiger partial charge on any atom is 0.259 e. The molecule has 1 aliphatic rings. The normalized spacial score (nSPS) is 18.3. The van der Waals surface area contributed by atoms with Gasteiger partial charge in [-0.15, -0.1) is 0 Å². The van der Waals surface area contributed by atoms with E-state index in [1.165, 1.54) is 12.0 Å². The van der Waals surface area contributed by atoms with Gasteiger partial charge in [0.1, 0.15) is 5.75 Å². The average Bonchev–Trinajstić information content (AvgIpc) is 2.71. The van der Waals surface area contributed by atoms with Crippen LogP contribution in [0.1, 0.15) is 37.2 Å². The molecular formula is C21H25N3O2. The fourth-order valence-corrected chi connectivity index (χ4v) is 3.26. The third-order valence-corrected chi connectivity index (χ3v) is 4.63. The molecule has 2 aromatic rings. The number of methoxy groups -OCH3 is 1. The zero-order valence-corrected chi connectivity index (χ0v) is 15.1. The number of rotatable bonds is 6. The Morgan fingerprint density at radius 3 is 2.81 bits per heavy atom. The molecule has 1 fully saturated rings. The second-order valence-corrected chi connectivity index (χ2v) is 6.43. The van der Waals surface area contributed by atoms with Gasteiger partial charge in [0.25, 0.3) is 5.91 Å². The van der Waals surface area contributed by atoms with Gasteiger partial charge in [-0.25, -0.2) is 5.43 Å². The summed E-state index contributed by atoms with van der Waals surface area (Å²) in [6.07, 6.45) is 4.34. The highest BCUT2D eigenvalue weighted by Gasteiger charge is 2.22. The van der Waals surface area contributed by atoms with Crippen LogP contribution in [0.15, 0.2) is 59.7 Å². The summed E-state index contributed by atoms with van der Waals surface area (Å²) in [5, 5.41) is 7.53. The molecule has 0 aromatic heterocycles. The fourth-order valence-electron chi connectivity index (χ4n) is 3.26. The first-order valence-corrected chi connectivity index (χ1v) is 9.04. The summed E-state index contributed by atoms with van der Waals surface area (Å²) < 4.78 is 5.18. The second-order valence-electron chi connectivity index (χ2n) is 6.43. The minimum Gasteiger partial charge on any atom is -0.497 e. The molecule has 0 aliphatic heterocycles. The van der Waals surface area contributed by atoms with Crippen molar-refractivity contribution >= 4 is 17.3 Å². The van der Waals surface area contributed by atoms with Crippen molar-refractivity contribution in [3.63, 3.8) is 0 Å². The molecule has 1 amide bonds. The maximum atomic E-state index is 12.1. The van der Waals surface area contributed by atoms with E-state index in [1.807, 2.05) is 30.3 Å². The van der Waals surface area contributed by atoms with Crippen LogP contribution in [0.4, 0.5) is 5.69 Å². The predicted molar refractivity (Wildman–Crippen MR) is 105 cm³/mol. The van der Waals surface area contributed by atoms with Gasteiger partial charge in [-0.1, -0.05) is 42.8 Å². The van der Waals surface area contributed by atoms with Gasteiger partial charge in [0, 0.05) is 23.4 Å². The van der Waals surface area contributed by atoms with E-state index >= 15 is 0 Å². The summed E-state index contributed by atoms with van der Waals surface area (Å²) in [6, 6.07) is 17.9. The smallest absolute Gasteiger partial charge is 0.259 e. The van der Waals surface area contributed by atoms with E-state index < -0.39 is 0 Å². The van der Waals surface area contributed by atoms with E-state index in [2.05, 4.69) is 40.1 Å². The van der Waals surface area contributed by atoms with Crippen LogP contribution in [-0.2, 0) is 4.79 Å². The molecular weight excluding hydrogens is 326 g/mol. The lowest BCUT2D eigenvalue weighted by atomic mass is 9.82. The maximum absolute atomic E-state index is 12.1. The summed E-state index contributed by atoms with van der Waals surface area (Å²) in [5.74, 6) is 0.901. The number of carbonyl (C=O) groups is 1. The molecule has 3 rings (SSSR count). The highest BCUT2D eigenvalue weighted by molar-refractivity contribution is 5.93. The lowest BCUT2D eigenvalue weighted by molar-refractivity contribution is -0.119. The highest BCUT2D eigenvalue weighted by Crippen LogP contribution is 2.30. The molecule has 0 unspecified atom stereocenters. The SMILES string of the molecule is COc1cccc(NCC(=O)N/N=C2/CCCC[C@@H]2c2ccccc2)c1. The van der Waals surface area contributed by atoms with Crippen molar-refractivity contribution in [2.45, 2.75) is 31.6 Å². The predicted octanol–water partition coefficient (Wildman–Crippen LogP) is 3.94. The van der Waals surface area contributed by atoms with Gasteiger partial charge >= 0.3 is 0 Å². The van der Waals surface area contributed by atoms with Gasteiger partial charge in [0.15, 0.2) is 0 Å². The molecule has 136 valence electrons. The summed E-state index contributed by atoms with van der Waals surface area (Å²) in [5.41, 5.74) is 5.89. The van der Waals surface area contributed by atoms with Crippen LogP contribution in [0.25, 0.3) is 0 Å². The third kappa shape index (κ3) is 4.85. The number of nitrogens with zero attached hydrogens (tertiary/aromatic N) is 1. The molecule has 0 bridgehead atoms. The molecule has 2 N–H and O–H groups in total. The molecule has 26 heavy (non-hydrogen) atoms. The number of anilines is 1. The Balaban J connectivity index is 1.57. The first-order chi connectivity index (χ1) is 12.8. The van der Waals surface area contributed by atoms with Crippen LogP contribution in [0.2, 0.25) is 0 Å². The molecule has 5 heteroatoms. The zero-order valence-electron chi connectivity index (χ0n) is 15.1. The Hall–Kier alpha value is -2.82. The average molecular weight is 351 g/mol. The van der Waals surface area contributed by atoms with Crippen LogP contribution in [0.3, 0.4) is 0 Å². The van der Waals surface area contributed by atoms with Gasteiger partial charge in [-0.3, -0.25) is 4.79 Å². The highest BCUT2D eigenvalue weighted by atomic mass is 16.5. The van der Waals surface area contributed by atoms with E-state index in [9.17, 15) is 4.79 Å². The van der Waals surface area contributed by atoms with Crippen LogP contribution < -0.4 is 15.5 Å². The molecule has 0 heterocycles. The molecule has 5 nitrogen and oxygen atoms in total. The van der Waals surface area contributed by atoms with Crippen molar-refractivity contribution in [1.82, 2.24) is 5.43 Å². The molecule has 1 saturated carbocycles. The van der Waals surface area contributed by atoms with Crippen molar-refractivity contribution in [3.05, 3.63) is 60.2 Å². The van der Waals surface area contributed by atoms with Crippen LogP contribution in [-0.4, -0.2) is 25.3 Å². The van der Waals surface area contributed by atoms with Crippen molar-refractivity contribution in [2.24, 2.45) is 5.10 Å². The van der Waals surface area contributed by atoms with Gasteiger partial charge in [-0.2, -0.15) is 5.10 Å². The standard InChI is InChI=1S/C21H25N3O2/c1-26-18-11-7-10-17(14-18)22-15-21(25)24-23-20-13-6-5-12-19(20)16-8-3-2-4-9-16/h2-4,7-11,14,19,22H,5-6,12-13,15H2,1H3,(H,24,25)/b23-20-/t19-/m1/s1. The largest absolute Gasteiger partial charge is 0.497 e. The molecule has 1 atom stereocenters. The topological polar surface area (TPSA) is 62.7 Å². The van der Waals surface area contributed by atoms with Gasteiger partial charge in [0.2, 0.25) is 0 Å². The minimum atomic E-state index is -0.155. The van der Waals surface area contributed by atoms with Gasteiger partial charge in [-0.05, 0) is 37.0 Å². The number of hydrazone groups is 1. The fraction of sp³-hybridized carbons (Fsp3) is 0.333. The van der Waals surface area contributed by atoms with Crippen molar-refractivity contribution in [2.75, 3.05) is 19.0 Å². The van der Waals surface area contributed by atoms with Crippen LogP contribution >= 0.6 is 0 Å². The Morgan fingerprint density at radius 2 is 2.00 bits per heavy atom. The van der Waals surface area contributed by atoms with E-state index in [0.717, 1.165) is 36.4 Å². The number of amides is 1. The summed E-state index contributed by atoms with van der Waals surface area (Å²) in [6.45, 7) is 0.167.